The first-order valence-electron chi connectivity index (χ1n) is 9.95. The summed E-state index contributed by atoms with van der Waals surface area (Å²) in [6.07, 6.45) is -2.34. The van der Waals surface area contributed by atoms with Crippen LogP contribution in [0.1, 0.15) is 31.0 Å². The molecule has 1 aromatic carbocycles. The molecule has 8 nitrogen and oxygen atoms in total. The third-order valence-corrected chi connectivity index (χ3v) is 5.39. The van der Waals surface area contributed by atoms with Gasteiger partial charge in [-0.1, -0.05) is 0 Å². The van der Waals surface area contributed by atoms with Gasteiger partial charge in [0.05, 0.1) is 18.7 Å². The zero-order chi connectivity index (χ0) is 22.4. The van der Waals surface area contributed by atoms with E-state index in [4.69, 9.17) is 16.2 Å². The number of rotatable bonds is 8. The Morgan fingerprint density at radius 3 is 2.65 bits per heavy atom. The molecule has 0 radical (unpaired) electrons. The van der Waals surface area contributed by atoms with Gasteiger partial charge in [0.25, 0.3) is 0 Å². The van der Waals surface area contributed by atoms with Crippen LogP contribution in [0.5, 0.6) is 17.2 Å². The molecule has 2 aromatic rings. The van der Waals surface area contributed by atoms with Crippen LogP contribution in [0.15, 0.2) is 24.3 Å². The van der Waals surface area contributed by atoms with Crippen molar-refractivity contribution >= 4 is 5.91 Å². The van der Waals surface area contributed by atoms with Gasteiger partial charge < -0.3 is 30.8 Å². The van der Waals surface area contributed by atoms with E-state index in [9.17, 15) is 18.7 Å². The van der Waals surface area contributed by atoms with Crippen molar-refractivity contribution in [1.82, 2.24) is 4.98 Å². The molecule has 1 saturated carbocycles. The Morgan fingerprint density at radius 1 is 1.32 bits per heavy atom. The predicted molar refractivity (Wildman–Crippen MR) is 106 cm³/mol. The molecule has 166 valence electrons. The maximum atomic E-state index is 13.5. The summed E-state index contributed by atoms with van der Waals surface area (Å²) < 4.78 is 41.7. The number of amides is 1. The standard InChI is InChI=1S/C21H23F2N3O5/c1-2-29-19-12(9-17(25)27)8-16(20(28,10-24)13-4-5-13)26-18(19)11-3-6-14-15(7-11)31-21(22,23)30-14/h3,6-8,13,28H,2,4-5,9-10,24H2,1H3,(H2,25,27)/t20-/m1/s1. The SMILES string of the molecule is CCOc1c(CC(N)=O)cc([C@@](O)(CN)C2CC2)nc1-c1ccc2c(c1)OC(F)(F)O2. The summed E-state index contributed by atoms with van der Waals surface area (Å²) in [4.78, 5) is 16.3. The van der Waals surface area contributed by atoms with Crippen LogP contribution >= 0.6 is 0 Å². The molecule has 0 bridgehead atoms. The van der Waals surface area contributed by atoms with Crippen LogP contribution in [0.4, 0.5) is 8.78 Å². The first-order valence-corrected chi connectivity index (χ1v) is 9.95. The number of nitrogens with zero attached hydrogens (tertiary/aromatic N) is 1. The summed E-state index contributed by atoms with van der Waals surface area (Å²) in [5.41, 5.74) is 11.2. The minimum atomic E-state index is -3.76. The van der Waals surface area contributed by atoms with Crippen molar-refractivity contribution in [3.8, 4) is 28.5 Å². The number of nitrogens with two attached hydrogens (primary N) is 2. The molecule has 1 amide bonds. The van der Waals surface area contributed by atoms with E-state index in [0.29, 0.717) is 11.1 Å². The number of aromatic nitrogens is 1. The molecule has 10 heteroatoms. The van der Waals surface area contributed by atoms with Crippen LogP contribution in [-0.4, -0.2) is 35.4 Å². The molecular weight excluding hydrogens is 412 g/mol. The Balaban J connectivity index is 1.89. The van der Waals surface area contributed by atoms with E-state index < -0.39 is 17.8 Å². The summed E-state index contributed by atoms with van der Waals surface area (Å²) >= 11 is 0. The van der Waals surface area contributed by atoms with Gasteiger partial charge in [0.15, 0.2) is 11.5 Å². The fraction of sp³-hybridized carbons (Fsp3) is 0.429. The smallest absolute Gasteiger partial charge is 0.491 e. The first kappa shape index (κ1) is 21.3. The van der Waals surface area contributed by atoms with E-state index in [-0.39, 0.29) is 54.1 Å². The minimum Gasteiger partial charge on any atom is -0.491 e. The highest BCUT2D eigenvalue weighted by Crippen LogP contribution is 2.48. The van der Waals surface area contributed by atoms with Crippen molar-refractivity contribution in [3.63, 3.8) is 0 Å². The molecule has 1 aliphatic carbocycles. The number of aliphatic hydroxyl groups is 1. The number of benzene rings is 1. The molecule has 31 heavy (non-hydrogen) atoms. The second kappa shape index (κ2) is 7.61. The summed E-state index contributed by atoms with van der Waals surface area (Å²) in [5.74, 6) is -0.669. The number of ether oxygens (including phenoxy) is 3. The molecule has 0 saturated heterocycles. The molecule has 4 rings (SSSR count). The molecule has 0 spiro atoms. The van der Waals surface area contributed by atoms with Gasteiger partial charge in [0.1, 0.15) is 17.0 Å². The van der Waals surface area contributed by atoms with Crippen LogP contribution in [0.2, 0.25) is 0 Å². The summed E-state index contributed by atoms with van der Waals surface area (Å²) in [6, 6.07) is 5.77. The van der Waals surface area contributed by atoms with Crippen molar-refractivity contribution in [2.75, 3.05) is 13.2 Å². The fourth-order valence-corrected chi connectivity index (χ4v) is 3.77. The second-order valence-corrected chi connectivity index (χ2v) is 7.65. The summed E-state index contributed by atoms with van der Waals surface area (Å²) in [7, 11) is 0. The number of primary amides is 1. The molecule has 1 atom stereocenters. The van der Waals surface area contributed by atoms with Crippen LogP contribution in [0, 0.1) is 5.92 Å². The second-order valence-electron chi connectivity index (χ2n) is 7.65. The molecule has 2 heterocycles. The largest absolute Gasteiger partial charge is 0.586 e. The van der Waals surface area contributed by atoms with Gasteiger partial charge >= 0.3 is 6.29 Å². The van der Waals surface area contributed by atoms with Gasteiger partial charge in [-0.15, -0.1) is 8.78 Å². The average Bonchev–Trinajstić information content (AvgIpc) is 3.50. The molecule has 1 fully saturated rings. The van der Waals surface area contributed by atoms with Crippen LogP contribution in [-0.2, 0) is 16.8 Å². The fourth-order valence-electron chi connectivity index (χ4n) is 3.77. The van der Waals surface area contributed by atoms with Gasteiger partial charge in [-0.05, 0) is 49.9 Å². The monoisotopic (exact) mass is 435 g/mol. The van der Waals surface area contributed by atoms with Crippen molar-refractivity contribution in [1.29, 1.82) is 0 Å². The zero-order valence-corrected chi connectivity index (χ0v) is 16.9. The van der Waals surface area contributed by atoms with Crippen molar-refractivity contribution < 1.29 is 32.9 Å². The Hall–Kier alpha value is -2.98. The number of fused-ring (bicyclic) bond motifs is 1. The highest BCUT2D eigenvalue weighted by molar-refractivity contribution is 5.80. The molecular formula is C21H23F2N3O5. The van der Waals surface area contributed by atoms with E-state index >= 15 is 0 Å². The first-order chi connectivity index (χ1) is 14.7. The number of pyridine rings is 1. The van der Waals surface area contributed by atoms with E-state index in [0.717, 1.165) is 12.8 Å². The molecule has 2 aliphatic rings. The number of halogens is 2. The van der Waals surface area contributed by atoms with E-state index in [1.807, 2.05) is 0 Å². The lowest BCUT2D eigenvalue weighted by atomic mass is 9.90. The van der Waals surface area contributed by atoms with Gasteiger partial charge in [-0.2, -0.15) is 0 Å². The molecule has 1 aliphatic heterocycles. The number of carbonyl (C=O) groups is 1. The highest BCUT2D eigenvalue weighted by atomic mass is 19.3. The zero-order valence-electron chi connectivity index (χ0n) is 16.9. The summed E-state index contributed by atoms with van der Waals surface area (Å²) in [6.45, 7) is 1.94. The average molecular weight is 435 g/mol. The topological polar surface area (TPSA) is 130 Å². The number of hydrogen-bond acceptors (Lipinski definition) is 7. The third-order valence-electron chi connectivity index (χ3n) is 5.39. The molecule has 5 N–H and O–H groups in total. The van der Waals surface area contributed by atoms with Gasteiger partial charge in [-0.3, -0.25) is 4.79 Å². The van der Waals surface area contributed by atoms with Crippen LogP contribution in [0.3, 0.4) is 0 Å². The van der Waals surface area contributed by atoms with Crippen molar-refractivity contribution in [2.24, 2.45) is 17.4 Å². The van der Waals surface area contributed by atoms with Crippen LogP contribution in [0.25, 0.3) is 11.3 Å². The van der Waals surface area contributed by atoms with Gasteiger partial charge in [0, 0.05) is 17.7 Å². The van der Waals surface area contributed by atoms with Gasteiger partial charge in [0.2, 0.25) is 5.91 Å². The Kier molecular flexibility index (Phi) is 5.22. The maximum absolute atomic E-state index is 13.5. The highest BCUT2D eigenvalue weighted by Gasteiger charge is 2.46. The lowest BCUT2D eigenvalue weighted by molar-refractivity contribution is -0.286. The lowest BCUT2D eigenvalue weighted by Gasteiger charge is -2.28. The summed E-state index contributed by atoms with van der Waals surface area (Å²) in [5, 5.41) is 11.2. The number of carbonyl (C=O) groups excluding carboxylic acids is 1. The minimum absolute atomic E-state index is 0.0623. The lowest BCUT2D eigenvalue weighted by Crippen LogP contribution is -2.38. The predicted octanol–water partition coefficient (Wildman–Crippen LogP) is 2.05. The normalized spacial score (nSPS) is 18.5. The number of hydrogen-bond donors (Lipinski definition) is 3. The van der Waals surface area contributed by atoms with Gasteiger partial charge in [-0.25, -0.2) is 4.98 Å². The van der Waals surface area contributed by atoms with E-state index in [1.54, 1.807) is 13.0 Å². The Labute approximate surface area is 177 Å². The van der Waals surface area contributed by atoms with E-state index in [2.05, 4.69) is 14.5 Å². The Morgan fingerprint density at radius 2 is 2.03 bits per heavy atom. The molecule has 0 unspecified atom stereocenters. The van der Waals surface area contributed by atoms with Crippen LogP contribution < -0.4 is 25.7 Å². The maximum Gasteiger partial charge on any atom is 0.586 e. The Bertz CT molecular complexity index is 1030. The third kappa shape index (κ3) is 4.00. The molecule has 1 aromatic heterocycles. The quantitative estimate of drug-likeness (QED) is 0.579. The van der Waals surface area contributed by atoms with Crippen molar-refractivity contribution in [3.05, 3.63) is 35.5 Å². The number of alkyl halides is 2. The van der Waals surface area contributed by atoms with Crippen molar-refractivity contribution in [2.45, 2.75) is 38.1 Å². The van der Waals surface area contributed by atoms with E-state index in [1.165, 1.54) is 18.2 Å².